The number of benzene rings is 4. The maximum absolute atomic E-state index is 12.9. The Balaban J connectivity index is 1.49. The van der Waals surface area contributed by atoms with Gasteiger partial charge in [0.2, 0.25) is 0 Å². The fourth-order valence-corrected chi connectivity index (χ4v) is 2.88. The molecule has 0 aliphatic heterocycles. The average Bonchev–Trinajstić information content (AvgIpc) is 2.75. The van der Waals surface area contributed by atoms with E-state index in [1.807, 2.05) is 42.5 Å². The van der Waals surface area contributed by atoms with Gasteiger partial charge in [0.05, 0.1) is 0 Å². The van der Waals surface area contributed by atoms with Crippen LogP contribution in [0.4, 0.5) is 5.69 Å². The lowest BCUT2D eigenvalue weighted by atomic mass is 10.0. The SMILES string of the molecule is Nc1cccc(Oc2cccc(C(=O)c3ccc(Oc4ccccc4)cc3)c2)c1. The maximum Gasteiger partial charge on any atom is 0.193 e. The summed E-state index contributed by atoms with van der Waals surface area (Å²) >= 11 is 0. The lowest BCUT2D eigenvalue weighted by Crippen LogP contribution is -2.01. The van der Waals surface area contributed by atoms with Crippen LogP contribution < -0.4 is 15.2 Å². The summed E-state index contributed by atoms with van der Waals surface area (Å²) in [5, 5.41) is 0. The van der Waals surface area contributed by atoms with E-state index < -0.39 is 0 Å². The number of anilines is 1. The van der Waals surface area contributed by atoms with E-state index in [2.05, 4.69) is 0 Å². The number of carbonyl (C=O) groups is 1. The Kier molecular flexibility index (Phi) is 5.25. The minimum Gasteiger partial charge on any atom is -0.457 e. The van der Waals surface area contributed by atoms with Crippen LogP contribution in [0.15, 0.2) is 103 Å². The van der Waals surface area contributed by atoms with Crippen LogP contribution in [0.3, 0.4) is 0 Å². The van der Waals surface area contributed by atoms with Crippen LogP contribution >= 0.6 is 0 Å². The first-order valence-corrected chi connectivity index (χ1v) is 9.18. The first-order chi connectivity index (χ1) is 14.2. The lowest BCUT2D eigenvalue weighted by Gasteiger charge is -2.09. The molecule has 29 heavy (non-hydrogen) atoms. The number of ether oxygens (including phenoxy) is 2. The van der Waals surface area contributed by atoms with Gasteiger partial charge in [-0.05, 0) is 60.7 Å². The van der Waals surface area contributed by atoms with Crippen LogP contribution in [0.5, 0.6) is 23.0 Å². The van der Waals surface area contributed by atoms with Crippen molar-refractivity contribution in [3.8, 4) is 23.0 Å². The van der Waals surface area contributed by atoms with Crippen LogP contribution in [0.25, 0.3) is 0 Å². The molecular formula is C25H19NO3. The van der Waals surface area contributed by atoms with Gasteiger partial charge < -0.3 is 15.2 Å². The molecule has 4 nitrogen and oxygen atoms in total. The minimum atomic E-state index is -0.0886. The minimum absolute atomic E-state index is 0.0886. The second-order valence-corrected chi connectivity index (χ2v) is 6.47. The van der Waals surface area contributed by atoms with Crippen molar-refractivity contribution < 1.29 is 14.3 Å². The molecule has 142 valence electrons. The maximum atomic E-state index is 12.9. The quantitative estimate of drug-likeness (QED) is 0.324. The van der Waals surface area contributed by atoms with Crippen LogP contribution in [0.1, 0.15) is 15.9 Å². The van der Waals surface area contributed by atoms with Crippen molar-refractivity contribution >= 4 is 11.5 Å². The topological polar surface area (TPSA) is 61.5 Å². The smallest absolute Gasteiger partial charge is 0.193 e. The number of para-hydroxylation sites is 1. The largest absolute Gasteiger partial charge is 0.457 e. The molecule has 0 atom stereocenters. The highest BCUT2D eigenvalue weighted by Crippen LogP contribution is 2.26. The third kappa shape index (κ3) is 4.62. The van der Waals surface area contributed by atoms with Crippen molar-refractivity contribution in [3.05, 3.63) is 114 Å². The summed E-state index contributed by atoms with van der Waals surface area (Å²) in [5.41, 5.74) is 7.52. The molecule has 0 fully saturated rings. The average molecular weight is 381 g/mol. The number of rotatable bonds is 6. The molecule has 4 aromatic carbocycles. The molecule has 4 heteroatoms. The zero-order valence-electron chi connectivity index (χ0n) is 15.6. The van der Waals surface area contributed by atoms with Gasteiger partial charge in [0.15, 0.2) is 5.78 Å². The fourth-order valence-electron chi connectivity index (χ4n) is 2.88. The second-order valence-electron chi connectivity index (χ2n) is 6.47. The standard InChI is InChI=1S/C25H19NO3/c26-20-7-5-11-24(17-20)29-23-10-4-6-19(16-23)25(27)18-12-14-22(15-13-18)28-21-8-2-1-3-9-21/h1-17H,26H2. The summed E-state index contributed by atoms with van der Waals surface area (Å²) in [7, 11) is 0. The van der Waals surface area contributed by atoms with E-state index in [1.54, 1.807) is 60.7 Å². The molecule has 0 heterocycles. The van der Waals surface area contributed by atoms with Gasteiger partial charge in [-0.25, -0.2) is 0 Å². The first kappa shape index (κ1) is 18.3. The van der Waals surface area contributed by atoms with Gasteiger partial charge in [-0.15, -0.1) is 0 Å². The van der Waals surface area contributed by atoms with E-state index in [-0.39, 0.29) is 5.78 Å². The van der Waals surface area contributed by atoms with Crippen LogP contribution in [-0.4, -0.2) is 5.78 Å². The Hall–Kier alpha value is -4.05. The van der Waals surface area contributed by atoms with Gasteiger partial charge in [-0.3, -0.25) is 4.79 Å². The van der Waals surface area contributed by atoms with Crippen LogP contribution in [0.2, 0.25) is 0 Å². The molecule has 0 aliphatic carbocycles. The Labute approximate surface area is 169 Å². The Bertz CT molecular complexity index is 1120. The Morgan fingerprint density at radius 2 is 1.14 bits per heavy atom. The third-order valence-corrected chi connectivity index (χ3v) is 4.29. The molecule has 0 spiro atoms. The summed E-state index contributed by atoms with van der Waals surface area (Å²) in [4.78, 5) is 12.9. The van der Waals surface area contributed by atoms with Crippen LogP contribution in [-0.2, 0) is 0 Å². The highest BCUT2D eigenvalue weighted by molar-refractivity contribution is 6.09. The second kappa shape index (κ2) is 8.31. The normalized spacial score (nSPS) is 10.3. The molecular weight excluding hydrogens is 362 g/mol. The van der Waals surface area contributed by atoms with Crippen molar-refractivity contribution in [2.24, 2.45) is 0 Å². The molecule has 0 aliphatic rings. The lowest BCUT2D eigenvalue weighted by molar-refractivity contribution is 0.103. The Morgan fingerprint density at radius 3 is 1.86 bits per heavy atom. The van der Waals surface area contributed by atoms with Gasteiger partial charge >= 0.3 is 0 Å². The van der Waals surface area contributed by atoms with Crippen molar-refractivity contribution in [1.82, 2.24) is 0 Å². The molecule has 0 bridgehead atoms. The molecule has 4 aromatic rings. The van der Waals surface area contributed by atoms with E-state index in [1.165, 1.54) is 0 Å². The molecule has 0 aromatic heterocycles. The summed E-state index contributed by atoms with van der Waals surface area (Å²) in [5.74, 6) is 2.53. The molecule has 0 amide bonds. The van der Waals surface area contributed by atoms with Gasteiger partial charge in [0.25, 0.3) is 0 Å². The van der Waals surface area contributed by atoms with Gasteiger partial charge in [0.1, 0.15) is 23.0 Å². The third-order valence-electron chi connectivity index (χ3n) is 4.29. The van der Waals surface area contributed by atoms with Gasteiger partial charge in [-0.1, -0.05) is 36.4 Å². The van der Waals surface area contributed by atoms with Crippen LogP contribution in [0, 0.1) is 0 Å². The number of ketones is 1. The Morgan fingerprint density at radius 1 is 0.552 bits per heavy atom. The number of hydrogen-bond donors (Lipinski definition) is 1. The van der Waals surface area contributed by atoms with E-state index in [9.17, 15) is 4.79 Å². The molecule has 0 radical (unpaired) electrons. The molecule has 4 rings (SSSR count). The zero-order valence-corrected chi connectivity index (χ0v) is 15.6. The summed E-state index contributed by atoms with van der Waals surface area (Å²) in [6.45, 7) is 0. The number of nitrogens with two attached hydrogens (primary N) is 1. The van der Waals surface area contributed by atoms with E-state index in [0.29, 0.717) is 34.1 Å². The van der Waals surface area contributed by atoms with Crippen molar-refractivity contribution in [1.29, 1.82) is 0 Å². The summed E-state index contributed by atoms with van der Waals surface area (Å²) in [6.07, 6.45) is 0. The van der Waals surface area contributed by atoms with Crippen molar-refractivity contribution in [2.45, 2.75) is 0 Å². The molecule has 0 saturated heterocycles. The van der Waals surface area contributed by atoms with Gasteiger partial charge in [0, 0.05) is 22.9 Å². The summed E-state index contributed by atoms with van der Waals surface area (Å²) < 4.78 is 11.6. The molecule has 2 N–H and O–H groups in total. The van der Waals surface area contributed by atoms with E-state index in [4.69, 9.17) is 15.2 Å². The molecule has 0 unspecified atom stereocenters. The highest BCUT2D eigenvalue weighted by atomic mass is 16.5. The fraction of sp³-hybridized carbons (Fsp3) is 0. The first-order valence-electron chi connectivity index (χ1n) is 9.18. The number of carbonyl (C=O) groups excluding carboxylic acids is 1. The zero-order chi connectivity index (χ0) is 20.1. The van der Waals surface area contributed by atoms with Gasteiger partial charge in [-0.2, -0.15) is 0 Å². The number of nitrogen functional groups attached to an aromatic ring is 1. The predicted molar refractivity (Wildman–Crippen MR) is 114 cm³/mol. The van der Waals surface area contributed by atoms with Crippen molar-refractivity contribution in [3.63, 3.8) is 0 Å². The van der Waals surface area contributed by atoms with Crippen molar-refractivity contribution in [2.75, 3.05) is 5.73 Å². The summed E-state index contributed by atoms with van der Waals surface area (Å²) in [6, 6.07) is 30.8. The molecule has 0 saturated carbocycles. The number of hydrogen-bond acceptors (Lipinski definition) is 4. The monoisotopic (exact) mass is 381 g/mol. The van der Waals surface area contributed by atoms with E-state index >= 15 is 0 Å². The predicted octanol–water partition coefficient (Wildman–Crippen LogP) is 6.08. The highest BCUT2D eigenvalue weighted by Gasteiger charge is 2.11. The van der Waals surface area contributed by atoms with E-state index in [0.717, 1.165) is 5.75 Å².